The number of hydrogen-bond donors (Lipinski definition) is 1. The van der Waals surface area contributed by atoms with Crippen molar-refractivity contribution in [3.05, 3.63) is 18.5 Å². The molecule has 20 heavy (non-hydrogen) atoms. The van der Waals surface area contributed by atoms with Crippen LogP contribution in [0.5, 0.6) is 0 Å². The summed E-state index contributed by atoms with van der Waals surface area (Å²) in [7, 11) is 1.75. The van der Waals surface area contributed by atoms with E-state index in [0.717, 1.165) is 12.8 Å². The topological polar surface area (TPSA) is 86.6 Å². The van der Waals surface area contributed by atoms with E-state index < -0.39 is 5.97 Å². The molecule has 1 amide bonds. The van der Waals surface area contributed by atoms with Gasteiger partial charge in [-0.2, -0.15) is 0 Å². The molecule has 1 aromatic rings. The number of carboxylic acid groups (broad SMARTS) is 1. The van der Waals surface area contributed by atoms with E-state index in [1.165, 1.54) is 0 Å². The van der Waals surface area contributed by atoms with Crippen molar-refractivity contribution in [3.8, 4) is 0 Å². The van der Waals surface area contributed by atoms with Crippen LogP contribution in [0.15, 0.2) is 18.5 Å². The first-order valence-corrected chi connectivity index (χ1v) is 6.57. The van der Waals surface area contributed by atoms with E-state index in [1.54, 1.807) is 35.3 Å². The molecular formula is C13H18N4O3. The van der Waals surface area contributed by atoms with E-state index in [4.69, 9.17) is 5.11 Å². The van der Waals surface area contributed by atoms with Crippen molar-refractivity contribution < 1.29 is 14.7 Å². The van der Waals surface area contributed by atoms with Gasteiger partial charge in [-0.25, -0.2) is 9.97 Å². The number of likely N-dealkylation sites (N-methyl/N-ethyl adjacent to an activating group) is 1. The van der Waals surface area contributed by atoms with Crippen molar-refractivity contribution >= 4 is 17.8 Å². The van der Waals surface area contributed by atoms with Crippen molar-refractivity contribution in [3.63, 3.8) is 0 Å². The van der Waals surface area contributed by atoms with E-state index in [-0.39, 0.29) is 24.9 Å². The Bertz CT molecular complexity index is 480. The smallest absolute Gasteiger partial charge is 0.305 e. The Hall–Kier alpha value is -2.18. The van der Waals surface area contributed by atoms with Gasteiger partial charge in [0.25, 0.3) is 0 Å². The number of carbonyl (C=O) groups excluding carboxylic acids is 1. The number of aliphatic carboxylic acids is 1. The molecule has 1 saturated heterocycles. The summed E-state index contributed by atoms with van der Waals surface area (Å²) in [6, 6.07) is 1.52. The Morgan fingerprint density at radius 1 is 1.45 bits per heavy atom. The van der Waals surface area contributed by atoms with Gasteiger partial charge in [-0.1, -0.05) is 0 Å². The fraction of sp³-hybridized carbons (Fsp3) is 0.538. The lowest BCUT2D eigenvalue weighted by Gasteiger charge is -2.26. The molecule has 1 N–H and O–H groups in total. The van der Waals surface area contributed by atoms with Crippen molar-refractivity contribution in [1.29, 1.82) is 0 Å². The Morgan fingerprint density at radius 2 is 2.15 bits per heavy atom. The van der Waals surface area contributed by atoms with Gasteiger partial charge in [-0.05, 0) is 18.9 Å². The minimum absolute atomic E-state index is 0.0112. The first kappa shape index (κ1) is 14.2. The van der Waals surface area contributed by atoms with Crippen LogP contribution in [-0.2, 0) is 9.59 Å². The minimum atomic E-state index is -0.866. The van der Waals surface area contributed by atoms with Crippen LogP contribution in [0.3, 0.4) is 0 Å². The zero-order chi connectivity index (χ0) is 14.5. The predicted molar refractivity (Wildman–Crippen MR) is 72.3 cm³/mol. The third kappa shape index (κ3) is 3.43. The zero-order valence-corrected chi connectivity index (χ0v) is 11.4. The SMILES string of the molecule is CN(CC(=O)N1CCCC1CC(=O)O)c1ncccn1. The van der Waals surface area contributed by atoms with Crippen LogP contribution >= 0.6 is 0 Å². The van der Waals surface area contributed by atoms with Crippen LogP contribution in [-0.4, -0.2) is 58.0 Å². The average molecular weight is 278 g/mol. The summed E-state index contributed by atoms with van der Waals surface area (Å²) in [5.74, 6) is -0.465. The predicted octanol–water partition coefficient (Wildman–Crippen LogP) is 0.379. The van der Waals surface area contributed by atoms with E-state index in [1.807, 2.05) is 0 Å². The van der Waals surface area contributed by atoms with Gasteiger partial charge in [0.15, 0.2) is 0 Å². The second-order valence-electron chi connectivity index (χ2n) is 4.89. The number of carboxylic acids is 1. The molecule has 0 aromatic carbocycles. The van der Waals surface area contributed by atoms with Gasteiger partial charge in [0.1, 0.15) is 0 Å². The highest BCUT2D eigenvalue weighted by atomic mass is 16.4. The molecule has 0 spiro atoms. The van der Waals surface area contributed by atoms with Gasteiger partial charge in [0.05, 0.1) is 13.0 Å². The quantitative estimate of drug-likeness (QED) is 0.838. The second kappa shape index (κ2) is 6.31. The van der Waals surface area contributed by atoms with Crippen LogP contribution < -0.4 is 4.90 Å². The summed E-state index contributed by atoms with van der Waals surface area (Å²) in [5.41, 5.74) is 0. The molecule has 7 heteroatoms. The summed E-state index contributed by atoms with van der Waals surface area (Å²) in [4.78, 5) is 34.5. The molecule has 108 valence electrons. The van der Waals surface area contributed by atoms with Crippen LogP contribution in [0.4, 0.5) is 5.95 Å². The Balaban J connectivity index is 1.95. The maximum Gasteiger partial charge on any atom is 0.305 e. The second-order valence-corrected chi connectivity index (χ2v) is 4.89. The maximum atomic E-state index is 12.3. The van der Waals surface area contributed by atoms with E-state index >= 15 is 0 Å². The van der Waals surface area contributed by atoms with Gasteiger partial charge in [-0.15, -0.1) is 0 Å². The maximum absolute atomic E-state index is 12.3. The van der Waals surface area contributed by atoms with Crippen molar-refractivity contribution in [2.24, 2.45) is 0 Å². The molecule has 1 atom stereocenters. The lowest BCUT2D eigenvalue weighted by molar-refractivity contribution is -0.139. The summed E-state index contributed by atoms with van der Waals surface area (Å²) >= 11 is 0. The molecule has 0 radical (unpaired) electrons. The van der Waals surface area contributed by atoms with Crippen LogP contribution in [0.2, 0.25) is 0 Å². The third-order valence-electron chi connectivity index (χ3n) is 3.37. The number of nitrogens with zero attached hydrogens (tertiary/aromatic N) is 4. The monoisotopic (exact) mass is 278 g/mol. The lowest BCUT2D eigenvalue weighted by Crippen LogP contribution is -2.42. The van der Waals surface area contributed by atoms with Gasteiger partial charge in [0.2, 0.25) is 11.9 Å². The molecule has 1 aliphatic heterocycles. The van der Waals surface area contributed by atoms with E-state index in [9.17, 15) is 9.59 Å². The Kier molecular flexibility index (Phi) is 4.49. The van der Waals surface area contributed by atoms with E-state index in [0.29, 0.717) is 12.5 Å². The van der Waals surface area contributed by atoms with Crippen molar-refractivity contribution in [2.75, 3.05) is 25.0 Å². The summed E-state index contributed by atoms with van der Waals surface area (Å²) in [6.45, 7) is 0.778. The summed E-state index contributed by atoms with van der Waals surface area (Å²) < 4.78 is 0. The number of hydrogen-bond acceptors (Lipinski definition) is 5. The summed E-state index contributed by atoms with van der Waals surface area (Å²) in [5, 5.41) is 8.86. The number of rotatable bonds is 5. The van der Waals surface area contributed by atoms with E-state index in [2.05, 4.69) is 9.97 Å². The minimum Gasteiger partial charge on any atom is -0.481 e. The largest absolute Gasteiger partial charge is 0.481 e. The summed E-state index contributed by atoms with van der Waals surface area (Å²) in [6.07, 6.45) is 4.86. The van der Waals surface area contributed by atoms with Crippen molar-refractivity contribution in [2.45, 2.75) is 25.3 Å². The Labute approximate surface area is 117 Å². The molecule has 2 rings (SSSR count). The molecule has 1 aliphatic rings. The van der Waals surface area contributed by atoms with Crippen LogP contribution in [0, 0.1) is 0 Å². The first-order chi connectivity index (χ1) is 9.58. The van der Waals surface area contributed by atoms with Gasteiger partial charge in [0, 0.05) is 32.0 Å². The van der Waals surface area contributed by atoms with Crippen molar-refractivity contribution in [1.82, 2.24) is 14.9 Å². The number of carbonyl (C=O) groups is 2. The molecule has 1 aromatic heterocycles. The molecular weight excluding hydrogens is 260 g/mol. The molecule has 2 heterocycles. The highest BCUT2D eigenvalue weighted by Gasteiger charge is 2.30. The number of aromatic nitrogens is 2. The van der Waals surface area contributed by atoms with Crippen LogP contribution in [0.1, 0.15) is 19.3 Å². The lowest BCUT2D eigenvalue weighted by atomic mass is 10.1. The molecule has 7 nitrogen and oxygen atoms in total. The molecule has 0 aliphatic carbocycles. The highest BCUT2D eigenvalue weighted by molar-refractivity contribution is 5.82. The Morgan fingerprint density at radius 3 is 2.80 bits per heavy atom. The standard InChI is InChI=1S/C13H18N4O3/c1-16(13-14-5-3-6-15-13)9-11(18)17-7-2-4-10(17)8-12(19)20/h3,5-6,10H,2,4,7-9H2,1H3,(H,19,20). The fourth-order valence-electron chi connectivity index (χ4n) is 2.43. The molecule has 1 unspecified atom stereocenters. The van der Waals surface area contributed by atoms with Gasteiger partial charge in [-0.3, -0.25) is 9.59 Å². The number of anilines is 1. The highest BCUT2D eigenvalue weighted by Crippen LogP contribution is 2.20. The van der Waals surface area contributed by atoms with Gasteiger partial charge < -0.3 is 14.9 Å². The average Bonchev–Trinajstić information content (AvgIpc) is 2.87. The third-order valence-corrected chi connectivity index (χ3v) is 3.37. The molecule has 0 saturated carbocycles. The normalized spacial score (nSPS) is 18.1. The first-order valence-electron chi connectivity index (χ1n) is 6.57. The number of likely N-dealkylation sites (tertiary alicyclic amines) is 1. The fourth-order valence-corrected chi connectivity index (χ4v) is 2.43. The van der Waals surface area contributed by atoms with Gasteiger partial charge >= 0.3 is 5.97 Å². The molecule has 0 bridgehead atoms. The zero-order valence-electron chi connectivity index (χ0n) is 11.4. The number of amides is 1. The van der Waals surface area contributed by atoms with Crippen LogP contribution in [0.25, 0.3) is 0 Å². The molecule has 1 fully saturated rings.